The number of likely N-dealkylation sites (tertiary alicyclic amines) is 1. The number of aryl methyl sites for hydroxylation is 1. The second kappa shape index (κ2) is 9.99. The number of anilines is 1. The number of carbonyl (C=O) groups is 1. The normalized spacial score (nSPS) is 18.9. The second-order valence-corrected chi connectivity index (χ2v) is 7.80. The number of H-pyrrole nitrogens is 1. The average Bonchev–Trinajstić information content (AvgIpc) is 3.36. The van der Waals surface area contributed by atoms with Crippen molar-refractivity contribution in [3.63, 3.8) is 0 Å². The Hall–Kier alpha value is -3.14. The molecule has 0 saturated carbocycles. The highest BCUT2D eigenvalue weighted by molar-refractivity contribution is 5.90. The molecule has 1 saturated heterocycles. The number of fused-ring (bicyclic) bond motifs is 1. The molecule has 2 aromatic heterocycles. The number of aromatic nitrogens is 3. The minimum absolute atomic E-state index is 0.563. The molecule has 1 aliphatic rings. The summed E-state index contributed by atoms with van der Waals surface area (Å²) in [4.78, 5) is 23.4. The largest absolute Gasteiger partial charge is 0.490 e. The molecular weight excluding hydrogens is 423 g/mol. The minimum atomic E-state index is -5.08. The van der Waals surface area contributed by atoms with Gasteiger partial charge < -0.3 is 20.3 Å². The van der Waals surface area contributed by atoms with Crippen molar-refractivity contribution in [2.24, 2.45) is 5.92 Å². The summed E-state index contributed by atoms with van der Waals surface area (Å²) < 4.78 is 31.7. The fraction of sp³-hybridized carbons (Fsp3) is 0.409. The lowest BCUT2D eigenvalue weighted by atomic mass is 9.89. The van der Waals surface area contributed by atoms with E-state index < -0.39 is 12.1 Å². The molecule has 1 aliphatic heterocycles. The van der Waals surface area contributed by atoms with E-state index >= 15 is 0 Å². The Labute approximate surface area is 183 Å². The predicted molar refractivity (Wildman–Crippen MR) is 116 cm³/mol. The molecule has 3 heterocycles. The maximum absolute atomic E-state index is 10.6. The number of aromatic amines is 1. The van der Waals surface area contributed by atoms with Gasteiger partial charge in [-0.3, -0.25) is 0 Å². The Balaban J connectivity index is 0.000000360. The molecule has 172 valence electrons. The SMILES string of the molecule is CCc1c[nH]c2ncnc(NC[C@@H]3CN(C)C[C@H]3c3ccccc3)c12.O=C(O)C(F)(F)F. The number of carboxylic acid groups (broad SMARTS) is 1. The predicted octanol–water partition coefficient (Wildman–Crippen LogP) is 3.91. The van der Waals surface area contributed by atoms with E-state index in [1.807, 2.05) is 6.20 Å². The number of halogens is 3. The van der Waals surface area contributed by atoms with Gasteiger partial charge in [-0.25, -0.2) is 14.8 Å². The number of carboxylic acids is 1. The van der Waals surface area contributed by atoms with E-state index in [4.69, 9.17) is 9.90 Å². The molecule has 3 N–H and O–H groups in total. The number of hydrogen-bond donors (Lipinski definition) is 3. The molecule has 0 bridgehead atoms. The fourth-order valence-electron chi connectivity index (χ4n) is 4.04. The summed E-state index contributed by atoms with van der Waals surface area (Å²) in [6, 6.07) is 10.9. The third kappa shape index (κ3) is 5.56. The number of nitrogens with one attached hydrogen (secondary N) is 2. The maximum atomic E-state index is 10.6. The Kier molecular flexibility index (Phi) is 7.34. The molecular formula is C22H26F3N5O2. The zero-order chi connectivity index (χ0) is 23.3. The van der Waals surface area contributed by atoms with Crippen LogP contribution in [-0.2, 0) is 11.2 Å². The first-order chi connectivity index (χ1) is 15.2. The van der Waals surface area contributed by atoms with Crippen LogP contribution in [0.25, 0.3) is 11.0 Å². The van der Waals surface area contributed by atoms with Crippen molar-refractivity contribution in [1.29, 1.82) is 0 Å². The van der Waals surface area contributed by atoms with Crippen LogP contribution in [0.2, 0.25) is 0 Å². The van der Waals surface area contributed by atoms with Crippen LogP contribution in [-0.4, -0.2) is 63.8 Å². The molecule has 0 amide bonds. The van der Waals surface area contributed by atoms with E-state index in [0.29, 0.717) is 11.8 Å². The van der Waals surface area contributed by atoms with Crippen LogP contribution >= 0.6 is 0 Å². The number of alkyl halides is 3. The van der Waals surface area contributed by atoms with Crippen molar-refractivity contribution in [1.82, 2.24) is 19.9 Å². The Morgan fingerprint density at radius 3 is 2.56 bits per heavy atom. The summed E-state index contributed by atoms with van der Waals surface area (Å²) >= 11 is 0. The molecule has 0 aliphatic carbocycles. The number of aliphatic carboxylic acids is 1. The summed E-state index contributed by atoms with van der Waals surface area (Å²) in [5.41, 5.74) is 3.61. The second-order valence-electron chi connectivity index (χ2n) is 7.80. The lowest BCUT2D eigenvalue weighted by molar-refractivity contribution is -0.192. The Morgan fingerprint density at radius 1 is 1.25 bits per heavy atom. The van der Waals surface area contributed by atoms with E-state index in [-0.39, 0.29) is 0 Å². The van der Waals surface area contributed by atoms with Crippen LogP contribution in [0.1, 0.15) is 24.0 Å². The van der Waals surface area contributed by atoms with E-state index in [0.717, 1.165) is 42.9 Å². The standard InChI is InChI=1S/C20H25N5.C2HF3O2/c1-3-14-9-21-19-18(14)20(24-13-23-19)22-10-16-11-25(2)12-17(16)15-7-5-4-6-8-15;3-2(4,5)1(6)7/h4-9,13,16-17H,3,10-12H2,1-2H3,(H2,21,22,23,24);(H,6,7)/t16-,17+;/m1./s1. The molecule has 0 unspecified atom stereocenters. The van der Waals surface area contributed by atoms with E-state index in [1.165, 1.54) is 11.1 Å². The van der Waals surface area contributed by atoms with Gasteiger partial charge in [0.1, 0.15) is 17.8 Å². The molecule has 4 rings (SSSR count). The fourth-order valence-corrected chi connectivity index (χ4v) is 4.04. The highest BCUT2D eigenvalue weighted by Crippen LogP contribution is 2.32. The van der Waals surface area contributed by atoms with Gasteiger partial charge in [0.05, 0.1) is 5.39 Å². The summed E-state index contributed by atoms with van der Waals surface area (Å²) in [5.74, 6) is -0.675. The topological polar surface area (TPSA) is 94.1 Å². The lowest BCUT2D eigenvalue weighted by Gasteiger charge is -2.20. The van der Waals surface area contributed by atoms with Gasteiger partial charge in [0.25, 0.3) is 0 Å². The van der Waals surface area contributed by atoms with Crippen LogP contribution in [0, 0.1) is 5.92 Å². The zero-order valence-electron chi connectivity index (χ0n) is 17.9. The average molecular weight is 449 g/mol. The molecule has 3 aromatic rings. The van der Waals surface area contributed by atoms with Gasteiger partial charge in [0.2, 0.25) is 0 Å². The first-order valence-corrected chi connectivity index (χ1v) is 10.3. The van der Waals surface area contributed by atoms with Gasteiger partial charge in [0.15, 0.2) is 0 Å². The van der Waals surface area contributed by atoms with Crippen LogP contribution < -0.4 is 5.32 Å². The minimum Gasteiger partial charge on any atom is -0.475 e. The highest BCUT2D eigenvalue weighted by atomic mass is 19.4. The number of hydrogen-bond acceptors (Lipinski definition) is 5. The zero-order valence-corrected chi connectivity index (χ0v) is 17.9. The van der Waals surface area contributed by atoms with E-state index in [9.17, 15) is 13.2 Å². The highest BCUT2D eigenvalue weighted by Gasteiger charge is 2.38. The molecule has 2 atom stereocenters. The Bertz CT molecular complexity index is 1040. The van der Waals surface area contributed by atoms with Crippen molar-refractivity contribution in [3.05, 3.63) is 54.0 Å². The molecule has 1 aromatic carbocycles. The van der Waals surface area contributed by atoms with Gasteiger partial charge >= 0.3 is 12.1 Å². The smallest absolute Gasteiger partial charge is 0.475 e. The van der Waals surface area contributed by atoms with Crippen molar-refractivity contribution in [2.75, 3.05) is 32.0 Å². The van der Waals surface area contributed by atoms with Crippen molar-refractivity contribution < 1.29 is 23.1 Å². The first-order valence-electron chi connectivity index (χ1n) is 10.3. The Morgan fingerprint density at radius 2 is 1.94 bits per heavy atom. The molecule has 1 fully saturated rings. The van der Waals surface area contributed by atoms with E-state index in [1.54, 1.807) is 6.33 Å². The first kappa shape index (κ1) is 23.5. The summed E-state index contributed by atoms with van der Waals surface area (Å²) in [7, 11) is 2.21. The van der Waals surface area contributed by atoms with Gasteiger partial charge in [-0.05, 0) is 30.5 Å². The quantitative estimate of drug-likeness (QED) is 0.547. The number of likely N-dealkylation sites (N-methyl/N-ethyl adjacent to an activating group) is 1. The summed E-state index contributed by atoms with van der Waals surface area (Å²) in [5, 5.41) is 11.9. The van der Waals surface area contributed by atoms with Gasteiger partial charge in [-0.1, -0.05) is 37.3 Å². The summed E-state index contributed by atoms with van der Waals surface area (Å²) in [6.07, 6.45) is -0.433. The molecule has 0 radical (unpaired) electrons. The number of rotatable bonds is 5. The van der Waals surface area contributed by atoms with Crippen LogP contribution in [0.4, 0.5) is 19.0 Å². The molecule has 7 nitrogen and oxygen atoms in total. The third-order valence-electron chi connectivity index (χ3n) is 5.56. The molecule has 32 heavy (non-hydrogen) atoms. The summed E-state index contributed by atoms with van der Waals surface area (Å²) in [6.45, 7) is 5.30. The third-order valence-corrected chi connectivity index (χ3v) is 5.56. The van der Waals surface area contributed by atoms with Crippen LogP contribution in [0.5, 0.6) is 0 Å². The number of benzene rings is 1. The van der Waals surface area contributed by atoms with E-state index in [2.05, 4.69) is 69.5 Å². The lowest BCUT2D eigenvalue weighted by Crippen LogP contribution is -2.22. The van der Waals surface area contributed by atoms with Crippen molar-refractivity contribution >= 4 is 22.8 Å². The van der Waals surface area contributed by atoms with Gasteiger partial charge in [-0.15, -0.1) is 0 Å². The monoisotopic (exact) mass is 449 g/mol. The van der Waals surface area contributed by atoms with Crippen molar-refractivity contribution in [2.45, 2.75) is 25.4 Å². The van der Waals surface area contributed by atoms with Crippen LogP contribution in [0.15, 0.2) is 42.9 Å². The maximum Gasteiger partial charge on any atom is 0.490 e. The van der Waals surface area contributed by atoms with Gasteiger partial charge in [-0.2, -0.15) is 13.2 Å². The number of nitrogens with zero attached hydrogens (tertiary/aromatic N) is 3. The van der Waals surface area contributed by atoms with Crippen LogP contribution in [0.3, 0.4) is 0 Å². The molecule has 10 heteroatoms. The van der Waals surface area contributed by atoms with Crippen molar-refractivity contribution in [3.8, 4) is 0 Å². The molecule has 0 spiro atoms. The van der Waals surface area contributed by atoms with Gasteiger partial charge in [0, 0.05) is 31.7 Å².